The number of carbonyl (C=O) groups excluding carboxylic acids is 1. The average molecular weight is 193 g/mol. The molecular weight excluding hydrogens is 178 g/mol. The smallest absolute Gasteiger partial charge is 0.236 e. The van der Waals surface area contributed by atoms with Gasteiger partial charge in [0.2, 0.25) is 5.91 Å². The summed E-state index contributed by atoms with van der Waals surface area (Å²) in [5.74, 6) is -0.162. The van der Waals surface area contributed by atoms with Gasteiger partial charge in [-0.2, -0.15) is 5.10 Å². The molecule has 0 saturated heterocycles. The molecule has 0 radical (unpaired) electrons. The van der Waals surface area contributed by atoms with E-state index in [-0.39, 0.29) is 5.91 Å². The van der Waals surface area contributed by atoms with E-state index in [4.69, 9.17) is 0 Å². The number of hydrazone groups is 1. The number of hydrogen-bond acceptors (Lipinski definition) is 2. The van der Waals surface area contributed by atoms with Crippen LogP contribution in [0.4, 0.5) is 0 Å². The minimum absolute atomic E-state index is 0.162. The molecule has 1 heterocycles. The molecule has 0 atom stereocenters. The fraction of sp³-hybridized carbons (Fsp3) is 0.400. The summed E-state index contributed by atoms with van der Waals surface area (Å²) in [5, 5.41) is 3.78. The molecule has 0 spiro atoms. The second-order valence-electron chi connectivity index (χ2n) is 3.41. The fourth-order valence-electron chi connectivity index (χ4n) is 1.03. The van der Waals surface area contributed by atoms with Crippen LogP contribution in [-0.2, 0) is 4.79 Å². The van der Waals surface area contributed by atoms with E-state index in [0.717, 1.165) is 5.56 Å². The van der Waals surface area contributed by atoms with Crippen molar-refractivity contribution in [3.8, 4) is 0 Å². The molecule has 1 N–H and O–H groups in total. The molecule has 0 aliphatic rings. The lowest BCUT2D eigenvalue weighted by Crippen LogP contribution is -2.12. The molecule has 0 bridgehead atoms. The number of nitrogens with zero attached hydrogens (tertiary/aromatic N) is 2. The van der Waals surface area contributed by atoms with Crippen molar-refractivity contribution in [2.45, 2.75) is 26.8 Å². The van der Waals surface area contributed by atoms with Crippen molar-refractivity contribution >= 4 is 12.1 Å². The molecule has 1 amide bonds. The van der Waals surface area contributed by atoms with Gasteiger partial charge in [-0.05, 0) is 19.9 Å². The van der Waals surface area contributed by atoms with E-state index in [0.29, 0.717) is 6.04 Å². The Bertz CT molecular complexity index is 339. The molecule has 76 valence electrons. The molecule has 1 aromatic rings. The van der Waals surface area contributed by atoms with Gasteiger partial charge in [-0.15, -0.1) is 0 Å². The number of amides is 1. The topological polar surface area (TPSA) is 46.4 Å². The lowest BCUT2D eigenvalue weighted by molar-refractivity contribution is -0.118. The van der Waals surface area contributed by atoms with Crippen LogP contribution in [0, 0.1) is 0 Å². The molecule has 0 fully saturated rings. The van der Waals surface area contributed by atoms with Gasteiger partial charge in [0.25, 0.3) is 0 Å². The van der Waals surface area contributed by atoms with E-state index < -0.39 is 0 Å². The highest BCUT2D eigenvalue weighted by Crippen LogP contribution is 2.06. The zero-order valence-corrected chi connectivity index (χ0v) is 8.69. The highest BCUT2D eigenvalue weighted by atomic mass is 16.2. The SMILES string of the molecule is CC(=O)N/N=C\c1ccn(C(C)C)c1. The first kappa shape index (κ1) is 10.5. The van der Waals surface area contributed by atoms with Crippen molar-refractivity contribution in [3.05, 3.63) is 24.0 Å². The van der Waals surface area contributed by atoms with Crippen LogP contribution in [0.1, 0.15) is 32.4 Å². The average Bonchev–Trinajstić information content (AvgIpc) is 2.52. The van der Waals surface area contributed by atoms with Gasteiger partial charge in [0.1, 0.15) is 0 Å². The Balaban J connectivity index is 2.59. The van der Waals surface area contributed by atoms with E-state index in [1.54, 1.807) is 6.21 Å². The third-order valence-corrected chi connectivity index (χ3v) is 1.77. The van der Waals surface area contributed by atoms with E-state index in [9.17, 15) is 4.79 Å². The summed E-state index contributed by atoms with van der Waals surface area (Å²) in [6.45, 7) is 5.64. The normalized spacial score (nSPS) is 11.1. The van der Waals surface area contributed by atoms with Crippen LogP contribution >= 0.6 is 0 Å². The molecule has 4 heteroatoms. The van der Waals surface area contributed by atoms with E-state index in [1.165, 1.54) is 6.92 Å². The largest absolute Gasteiger partial charge is 0.351 e. The van der Waals surface area contributed by atoms with Gasteiger partial charge in [0.15, 0.2) is 0 Å². The lowest BCUT2D eigenvalue weighted by atomic mass is 10.4. The Kier molecular flexibility index (Phi) is 3.45. The quantitative estimate of drug-likeness (QED) is 0.574. The zero-order chi connectivity index (χ0) is 10.6. The van der Waals surface area contributed by atoms with Crippen molar-refractivity contribution in [1.29, 1.82) is 0 Å². The third-order valence-electron chi connectivity index (χ3n) is 1.77. The summed E-state index contributed by atoms with van der Waals surface area (Å²) in [6, 6.07) is 2.39. The van der Waals surface area contributed by atoms with Gasteiger partial charge in [-0.25, -0.2) is 5.43 Å². The number of nitrogens with one attached hydrogen (secondary N) is 1. The number of hydrogen-bond donors (Lipinski definition) is 1. The van der Waals surface area contributed by atoms with Crippen LogP contribution in [0.15, 0.2) is 23.6 Å². The van der Waals surface area contributed by atoms with Crippen molar-refractivity contribution in [3.63, 3.8) is 0 Å². The van der Waals surface area contributed by atoms with Crippen molar-refractivity contribution in [2.24, 2.45) is 5.10 Å². The molecule has 0 saturated carbocycles. The predicted octanol–water partition coefficient (Wildman–Crippen LogP) is 1.54. The summed E-state index contributed by atoms with van der Waals surface area (Å²) in [7, 11) is 0. The molecule has 0 aliphatic heterocycles. The minimum atomic E-state index is -0.162. The summed E-state index contributed by atoms with van der Waals surface area (Å²) < 4.78 is 2.08. The summed E-state index contributed by atoms with van der Waals surface area (Å²) in [4.78, 5) is 10.5. The maximum atomic E-state index is 10.5. The van der Waals surface area contributed by atoms with Crippen LogP contribution in [0.25, 0.3) is 0 Å². The molecule has 1 aromatic heterocycles. The second-order valence-corrected chi connectivity index (χ2v) is 3.41. The number of rotatable bonds is 3. The van der Waals surface area contributed by atoms with Gasteiger partial charge in [0, 0.05) is 30.9 Å². The highest BCUT2D eigenvalue weighted by molar-refractivity contribution is 5.81. The first-order chi connectivity index (χ1) is 6.59. The maximum absolute atomic E-state index is 10.5. The Morgan fingerprint density at radius 1 is 1.64 bits per heavy atom. The molecule has 4 nitrogen and oxygen atoms in total. The number of carbonyl (C=O) groups is 1. The lowest BCUT2D eigenvalue weighted by Gasteiger charge is -2.04. The molecule has 0 aliphatic carbocycles. The summed E-state index contributed by atoms with van der Waals surface area (Å²) in [6.07, 6.45) is 5.59. The summed E-state index contributed by atoms with van der Waals surface area (Å²) in [5.41, 5.74) is 3.33. The molecule has 1 rings (SSSR count). The van der Waals surface area contributed by atoms with Crippen LogP contribution in [0.3, 0.4) is 0 Å². The third kappa shape index (κ3) is 3.05. The van der Waals surface area contributed by atoms with Crippen LogP contribution < -0.4 is 5.43 Å². The Morgan fingerprint density at radius 2 is 2.36 bits per heavy atom. The zero-order valence-electron chi connectivity index (χ0n) is 8.69. The monoisotopic (exact) mass is 193 g/mol. The second kappa shape index (κ2) is 4.60. The molecule has 14 heavy (non-hydrogen) atoms. The van der Waals surface area contributed by atoms with Crippen LogP contribution in [0.5, 0.6) is 0 Å². The Labute approximate surface area is 83.6 Å². The van der Waals surface area contributed by atoms with Gasteiger partial charge >= 0.3 is 0 Å². The van der Waals surface area contributed by atoms with Crippen molar-refractivity contribution < 1.29 is 4.79 Å². The van der Waals surface area contributed by atoms with E-state index in [2.05, 4.69) is 28.9 Å². The fourth-order valence-corrected chi connectivity index (χ4v) is 1.03. The van der Waals surface area contributed by atoms with Crippen molar-refractivity contribution in [2.75, 3.05) is 0 Å². The Hall–Kier alpha value is -1.58. The van der Waals surface area contributed by atoms with Crippen molar-refractivity contribution in [1.82, 2.24) is 9.99 Å². The standard InChI is InChI=1S/C10H15N3O/c1-8(2)13-5-4-10(7-13)6-11-12-9(3)14/h4-8H,1-3H3,(H,12,14)/b11-6-. The number of aromatic nitrogens is 1. The Morgan fingerprint density at radius 3 is 2.86 bits per heavy atom. The van der Waals surface area contributed by atoms with Gasteiger partial charge < -0.3 is 4.57 Å². The highest BCUT2D eigenvalue weighted by Gasteiger charge is 1.97. The van der Waals surface area contributed by atoms with Gasteiger partial charge in [-0.3, -0.25) is 4.79 Å². The molecule has 0 aromatic carbocycles. The van der Waals surface area contributed by atoms with Gasteiger partial charge in [0.05, 0.1) is 6.21 Å². The molecule has 0 unspecified atom stereocenters. The maximum Gasteiger partial charge on any atom is 0.236 e. The predicted molar refractivity (Wildman–Crippen MR) is 56.2 cm³/mol. The van der Waals surface area contributed by atoms with Gasteiger partial charge in [-0.1, -0.05) is 0 Å². The van der Waals surface area contributed by atoms with Crippen LogP contribution in [0.2, 0.25) is 0 Å². The summed E-state index contributed by atoms with van der Waals surface area (Å²) >= 11 is 0. The van der Waals surface area contributed by atoms with Crippen LogP contribution in [-0.4, -0.2) is 16.7 Å². The van der Waals surface area contributed by atoms with E-state index >= 15 is 0 Å². The first-order valence-corrected chi connectivity index (χ1v) is 4.56. The minimum Gasteiger partial charge on any atom is -0.351 e. The van der Waals surface area contributed by atoms with E-state index in [1.807, 2.05) is 18.5 Å². The first-order valence-electron chi connectivity index (χ1n) is 4.56. The molecular formula is C10H15N3O.